The number of amides is 1. The molecule has 0 radical (unpaired) electrons. The summed E-state index contributed by atoms with van der Waals surface area (Å²) in [6.45, 7) is 8.51. The molecule has 1 fully saturated rings. The normalized spacial score (nSPS) is 14.5. The summed E-state index contributed by atoms with van der Waals surface area (Å²) in [5.41, 5.74) is 3.61. The van der Waals surface area contributed by atoms with E-state index in [2.05, 4.69) is 22.3 Å². The van der Waals surface area contributed by atoms with Crippen LogP contribution in [0.4, 0.5) is 0 Å². The quantitative estimate of drug-likeness (QED) is 0.524. The van der Waals surface area contributed by atoms with Crippen LogP contribution in [0.2, 0.25) is 5.02 Å². The highest BCUT2D eigenvalue weighted by Crippen LogP contribution is 2.31. The zero-order valence-corrected chi connectivity index (χ0v) is 19.9. The largest absolute Gasteiger partial charge is 0.440 e. The van der Waals surface area contributed by atoms with E-state index in [-0.39, 0.29) is 18.4 Å². The number of carbonyl (C=O) groups excluding carboxylic acids is 1. The number of halogens is 1. The molecule has 7 heteroatoms. The zero-order valence-electron chi connectivity index (χ0n) is 19.1. The van der Waals surface area contributed by atoms with Crippen molar-refractivity contribution in [3.63, 3.8) is 0 Å². The second kappa shape index (κ2) is 11.0. The monoisotopic (exact) mass is 467 g/mol. The molecule has 1 aromatic heterocycles. The lowest BCUT2D eigenvalue weighted by atomic mass is 10.1. The van der Waals surface area contributed by atoms with Crippen LogP contribution >= 0.6 is 11.6 Å². The van der Waals surface area contributed by atoms with Gasteiger partial charge in [-0.1, -0.05) is 35.9 Å². The lowest BCUT2D eigenvalue weighted by Crippen LogP contribution is -2.37. The third-order valence-electron chi connectivity index (χ3n) is 5.59. The fourth-order valence-corrected chi connectivity index (χ4v) is 4.09. The Labute approximate surface area is 199 Å². The molecule has 1 aliphatic rings. The number of nitrogens with one attached hydrogen (secondary N) is 1. The molecule has 1 N–H and O–H groups in total. The van der Waals surface area contributed by atoms with Gasteiger partial charge < -0.3 is 14.5 Å². The van der Waals surface area contributed by atoms with Gasteiger partial charge in [0.05, 0.1) is 19.6 Å². The maximum Gasteiger partial charge on any atom is 0.227 e. The molecule has 33 heavy (non-hydrogen) atoms. The van der Waals surface area contributed by atoms with E-state index in [1.54, 1.807) is 0 Å². The fraction of sp³-hybridized carbons (Fsp3) is 0.385. The predicted octanol–water partition coefficient (Wildman–Crippen LogP) is 4.60. The summed E-state index contributed by atoms with van der Waals surface area (Å²) >= 11 is 6.20. The molecular weight excluding hydrogens is 438 g/mol. The first-order valence-electron chi connectivity index (χ1n) is 11.4. The first-order valence-corrected chi connectivity index (χ1v) is 11.8. The molecule has 0 saturated carbocycles. The maximum atomic E-state index is 12.4. The Bertz CT molecular complexity index is 1070. The molecule has 174 valence electrons. The number of oxazole rings is 1. The average Bonchev–Trinajstić information content (AvgIpc) is 3.22. The Balaban J connectivity index is 1.54. The van der Waals surface area contributed by atoms with Gasteiger partial charge in [-0.25, -0.2) is 4.98 Å². The van der Waals surface area contributed by atoms with Crippen LogP contribution in [0.15, 0.2) is 52.9 Å². The molecule has 2 heterocycles. The van der Waals surface area contributed by atoms with E-state index in [1.165, 1.54) is 5.56 Å². The predicted molar refractivity (Wildman–Crippen MR) is 130 cm³/mol. The highest BCUT2D eigenvalue weighted by Gasteiger charge is 2.20. The van der Waals surface area contributed by atoms with Gasteiger partial charge in [-0.15, -0.1) is 0 Å². The summed E-state index contributed by atoms with van der Waals surface area (Å²) in [7, 11) is 0. The van der Waals surface area contributed by atoms with E-state index in [1.807, 2.05) is 50.2 Å². The molecule has 0 spiro atoms. The highest BCUT2D eigenvalue weighted by molar-refractivity contribution is 6.30. The van der Waals surface area contributed by atoms with Crippen molar-refractivity contribution in [1.82, 2.24) is 15.2 Å². The SMILES string of the molecule is CC(C)NC(=O)Cc1oc(-c2ccc(CCN3CCOCC3)cc2)nc1-c1cccc(Cl)c1. The number of morpholine rings is 1. The smallest absolute Gasteiger partial charge is 0.227 e. The van der Waals surface area contributed by atoms with Crippen LogP contribution in [-0.4, -0.2) is 54.7 Å². The summed E-state index contributed by atoms with van der Waals surface area (Å²) in [5, 5.41) is 3.52. The molecule has 0 bridgehead atoms. The first kappa shape index (κ1) is 23.5. The van der Waals surface area contributed by atoms with Crippen molar-refractivity contribution in [3.8, 4) is 22.7 Å². The van der Waals surface area contributed by atoms with Crippen molar-refractivity contribution in [1.29, 1.82) is 0 Å². The van der Waals surface area contributed by atoms with Gasteiger partial charge in [0.15, 0.2) is 0 Å². The topological polar surface area (TPSA) is 67.6 Å². The second-order valence-corrected chi connectivity index (χ2v) is 9.04. The minimum absolute atomic E-state index is 0.0551. The molecule has 4 rings (SSSR count). The van der Waals surface area contributed by atoms with E-state index in [0.29, 0.717) is 22.4 Å². The second-order valence-electron chi connectivity index (χ2n) is 8.60. The highest BCUT2D eigenvalue weighted by atomic mass is 35.5. The number of hydrogen-bond acceptors (Lipinski definition) is 5. The standard InChI is InChI=1S/C26H30ClN3O3/c1-18(2)28-24(31)17-23-25(21-4-3-5-22(27)16-21)29-26(33-23)20-8-6-19(7-9-20)10-11-30-12-14-32-15-13-30/h3-9,16,18H,10-15,17H2,1-2H3,(H,28,31). The van der Waals surface area contributed by atoms with Crippen LogP contribution in [0.5, 0.6) is 0 Å². The van der Waals surface area contributed by atoms with Crippen molar-refractivity contribution in [3.05, 3.63) is 64.9 Å². The number of hydrogen-bond donors (Lipinski definition) is 1. The van der Waals surface area contributed by atoms with Crippen LogP contribution in [0.3, 0.4) is 0 Å². The van der Waals surface area contributed by atoms with Gasteiger partial charge in [0, 0.05) is 41.8 Å². The molecule has 0 atom stereocenters. The van der Waals surface area contributed by atoms with Crippen molar-refractivity contribution < 1.29 is 13.9 Å². The van der Waals surface area contributed by atoms with Gasteiger partial charge in [0.2, 0.25) is 11.8 Å². The summed E-state index contributed by atoms with van der Waals surface area (Å²) in [5.74, 6) is 0.924. The molecule has 0 aliphatic carbocycles. The molecule has 6 nitrogen and oxygen atoms in total. The van der Waals surface area contributed by atoms with Crippen LogP contribution in [0.25, 0.3) is 22.7 Å². The van der Waals surface area contributed by atoms with Gasteiger partial charge in [0.1, 0.15) is 11.5 Å². The van der Waals surface area contributed by atoms with Gasteiger partial charge in [-0.2, -0.15) is 0 Å². The van der Waals surface area contributed by atoms with Gasteiger partial charge >= 0.3 is 0 Å². The van der Waals surface area contributed by atoms with Crippen molar-refractivity contribution in [2.45, 2.75) is 32.7 Å². The lowest BCUT2D eigenvalue weighted by molar-refractivity contribution is -0.121. The minimum Gasteiger partial charge on any atom is -0.440 e. The molecule has 2 aromatic carbocycles. The number of aromatic nitrogens is 1. The summed E-state index contributed by atoms with van der Waals surface area (Å²) in [4.78, 5) is 19.6. The number of ether oxygens (including phenoxy) is 1. The van der Waals surface area contributed by atoms with E-state index in [0.717, 1.165) is 50.4 Å². The molecule has 1 amide bonds. The zero-order chi connectivity index (χ0) is 23.2. The summed E-state index contributed by atoms with van der Waals surface area (Å²) < 4.78 is 11.5. The Morgan fingerprint density at radius 1 is 1.12 bits per heavy atom. The third-order valence-corrected chi connectivity index (χ3v) is 5.82. The van der Waals surface area contributed by atoms with Gasteiger partial charge in [-0.05, 0) is 50.1 Å². The number of nitrogens with zero attached hydrogens (tertiary/aromatic N) is 2. The molecule has 1 saturated heterocycles. The first-order chi connectivity index (χ1) is 16.0. The van der Waals surface area contributed by atoms with Crippen molar-refractivity contribution >= 4 is 17.5 Å². The van der Waals surface area contributed by atoms with Crippen molar-refractivity contribution in [2.24, 2.45) is 0 Å². The molecule has 0 unspecified atom stereocenters. The van der Waals surface area contributed by atoms with E-state index < -0.39 is 0 Å². The average molecular weight is 468 g/mol. The number of carbonyl (C=O) groups is 1. The van der Waals surface area contributed by atoms with Crippen LogP contribution in [-0.2, 0) is 22.4 Å². The minimum atomic E-state index is -0.102. The molecule has 3 aromatic rings. The molecular formula is C26H30ClN3O3. The van der Waals surface area contributed by atoms with E-state index in [9.17, 15) is 4.79 Å². The lowest BCUT2D eigenvalue weighted by Gasteiger charge is -2.26. The maximum absolute atomic E-state index is 12.4. The summed E-state index contributed by atoms with van der Waals surface area (Å²) in [6.07, 6.45) is 1.10. The van der Waals surface area contributed by atoms with Crippen LogP contribution in [0.1, 0.15) is 25.2 Å². The fourth-order valence-electron chi connectivity index (χ4n) is 3.90. The Kier molecular flexibility index (Phi) is 7.81. The van der Waals surface area contributed by atoms with Gasteiger partial charge in [0.25, 0.3) is 0 Å². The van der Waals surface area contributed by atoms with Crippen LogP contribution < -0.4 is 5.32 Å². The van der Waals surface area contributed by atoms with Crippen molar-refractivity contribution in [2.75, 3.05) is 32.8 Å². The Hall–Kier alpha value is -2.67. The number of rotatable bonds is 8. The van der Waals surface area contributed by atoms with E-state index in [4.69, 9.17) is 25.7 Å². The molecule has 1 aliphatic heterocycles. The Morgan fingerprint density at radius 2 is 1.88 bits per heavy atom. The number of benzene rings is 2. The van der Waals surface area contributed by atoms with Gasteiger partial charge in [-0.3, -0.25) is 9.69 Å². The third kappa shape index (κ3) is 6.44. The summed E-state index contributed by atoms with van der Waals surface area (Å²) in [6, 6.07) is 15.8. The van der Waals surface area contributed by atoms with Crippen LogP contribution in [0, 0.1) is 0 Å². The van der Waals surface area contributed by atoms with E-state index >= 15 is 0 Å². The Morgan fingerprint density at radius 3 is 2.58 bits per heavy atom.